The number of amides is 1. The first-order valence-electron chi connectivity index (χ1n) is 9.47. The molecule has 0 saturated heterocycles. The van der Waals surface area contributed by atoms with Gasteiger partial charge in [0.05, 0.1) is 5.39 Å². The highest BCUT2D eigenvalue weighted by molar-refractivity contribution is 5.94. The highest BCUT2D eigenvalue weighted by Crippen LogP contribution is 2.32. The standard InChI is InChI=1S/C20H22N6O/c1-12(27)26-10-8-13-11-15(5-6-17(13)26)23-20-24-18-16(7-9-21-18)19(25-20)22-14-3-2-4-14/h5-7,9,11,14H,2-4,8,10H2,1H3,(H3,21,22,23,24,25). The van der Waals surface area contributed by atoms with E-state index in [-0.39, 0.29) is 5.91 Å². The van der Waals surface area contributed by atoms with Crippen LogP contribution in [0.4, 0.5) is 23.1 Å². The van der Waals surface area contributed by atoms with Gasteiger partial charge in [0.1, 0.15) is 11.5 Å². The molecule has 2 aromatic heterocycles. The number of anilines is 4. The number of nitrogens with one attached hydrogen (secondary N) is 3. The lowest BCUT2D eigenvalue weighted by atomic mass is 9.93. The van der Waals surface area contributed by atoms with Crippen molar-refractivity contribution < 1.29 is 4.79 Å². The maximum absolute atomic E-state index is 11.7. The highest BCUT2D eigenvalue weighted by Gasteiger charge is 2.23. The summed E-state index contributed by atoms with van der Waals surface area (Å²) in [6, 6.07) is 8.56. The van der Waals surface area contributed by atoms with E-state index in [1.54, 1.807) is 6.92 Å². The van der Waals surface area contributed by atoms with E-state index >= 15 is 0 Å². The van der Waals surface area contributed by atoms with Crippen molar-refractivity contribution in [2.75, 3.05) is 22.1 Å². The zero-order valence-electron chi connectivity index (χ0n) is 15.2. The average Bonchev–Trinajstić information content (AvgIpc) is 3.24. The van der Waals surface area contributed by atoms with Crippen LogP contribution < -0.4 is 15.5 Å². The van der Waals surface area contributed by atoms with Crippen LogP contribution in [-0.2, 0) is 11.2 Å². The summed E-state index contributed by atoms with van der Waals surface area (Å²) in [6.07, 6.45) is 6.42. The van der Waals surface area contributed by atoms with Crippen LogP contribution in [0.5, 0.6) is 0 Å². The minimum Gasteiger partial charge on any atom is -0.367 e. The second kappa shape index (κ2) is 6.26. The number of rotatable bonds is 4. The molecule has 5 rings (SSSR count). The zero-order valence-corrected chi connectivity index (χ0v) is 15.2. The number of benzene rings is 1. The average molecular weight is 362 g/mol. The first kappa shape index (κ1) is 16.1. The summed E-state index contributed by atoms with van der Waals surface area (Å²) in [7, 11) is 0. The first-order chi connectivity index (χ1) is 13.2. The fourth-order valence-electron chi connectivity index (χ4n) is 3.79. The molecule has 0 bridgehead atoms. The Kier molecular flexibility index (Phi) is 3.74. The summed E-state index contributed by atoms with van der Waals surface area (Å²) in [5.74, 6) is 1.52. The lowest BCUT2D eigenvalue weighted by molar-refractivity contribution is -0.116. The van der Waals surface area contributed by atoms with Gasteiger partial charge in [0, 0.05) is 37.1 Å². The van der Waals surface area contributed by atoms with Crippen LogP contribution in [0, 0.1) is 0 Å². The van der Waals surface area contributed by atoms with E-state index in [0.29, 0.717) is 12.0 Å². The molecule has 1 aromatic carbocycles. The van der Waals surface area contributed by atoms with Crippen molar-refractivity contribution in [2.24, 2.45) is 0 Å². The number of aromatic amines is 1. The third-order valence-electron chi connectivity index (χ3n) is 5.47. The van der Waals surface area contributed by atoms with Crippen LogP contribution in [0.25, 0.3) is 11.0 Å². The molecular formula is C20H22N6O. The van der Waals surface area contributed by atoms with Crippen LogP contribution >= 0.6 is 0 Å². The van der Waals surface area contributed by atoms with Gasteiger partial charge in [-0.25, -0.2) is 0 Å². The summed E-state index contributed by atoms with van der Waals surface area (Å²) in [5, 5.41) is 7.87. The van der Waals surface area contributed by atoms with E-state index in [1.165, 1.54) is 24.8 Å². The molecule has 3 aromatic rings. The Balaban J connectivity index is 1.44. The van der Waals surface area contributed by atoms with Crippen LogP contribution in [0.3, 0.4) is 0 Å². The number of aromatic nitrogens is 3. The van der Waals surface area contributed by atoms with Gasteiger partial charge in [0.2, 0.25) is 11.9 Å². The van der Waals surface area contributed by atoms with Crippen LogP contribution in [0.15, 0.2) is 30.5 Å². The fraction of sp³-hybridized carbons (Fsp3) is 0.350. The second-order valence-electron chi connectivity index (χ2n) is 7.30. The third kappa shape index (κ3) is 2.89. The van der Waals surface area contributed by atoms with E-state index < -0.39 is 0 Å². The lowest BCUT2D eigenvalue weighted by Gasteiger charge is -2.27. The molecule has 27 heavy (non-hydrogen) atoms. The fourth-order valence-corrected chi connectivity index (χ4v) is 3.79. The van der Waals surface area contributed by atoms with Gasteiger partial charge in [-0.05, 0) is 55.5 Å². The largest absolute Gasteiger partial charge is 0.367 e. The molecule has 1 aliphatic carbocycles. The molecule has 0 unspecified atom stereocenters. The third-order valence-corrected chi connectivity index (χ3v) is 5.47. The maximum Gasteiger partial charge on any atom is 0.231 e. The smallest absolute Gasteiger partial charge is 0.231 e. The first-order valence-corrected chi connectivity index (χ1v) is 9.47. The molecule has 3 N–H and O–H groups in total. The van der Waals surface area contributed by atoms with Gasteiger partial charge in [-0.15, -0.1) is 0 Å². The summed E-state index contributed by atoms with van der Waals surface area (Å²) in [5.41, 5.74) is 3.92. The van der Waals surface area contributed by atoms with Gasteiger partial charge in [-0.1, -0.05) is 0 Å². The zero-order chi connectivity index (χ0) is 18.4. The van der Waals surface area contributed by atoms with Gasteiger partial charge in [-0.2, -0.15) is 9.97 Å². The van der Waals surface area contributed by atoms with Crippen molar-refractivity contribution in [1.29, 1.82) is 0 Å². The molecule has 3 heterocycles. The number of H-pyrrole nitrogens is 1. The van der Waals surface area contributed by atoms with Gasteiger partial charge >= 0.3 is 0 Å². The van der Waals surface area contributed by atoms with Crippen molar-refractivity contribution in [3.63, 3.8) is 0 Å². The number of carbonyl (C=O) groups excluding carboxylic acids is 1. The molecule has 1 fully saturated rings. The number of carbonyl (C=O) groups is 1. The number of hydrogen-bond donors (Lipinski definition) is 3. The van der Waals surface area contributed by atoms with Gasteiger partial charge in [0.25, 0.3) is 0 Å². The Labute approximate surface area is 157 Å². The number of hydrogen-bond acceptors (Lipinski definition) is 5. The van der Waals surface area contributed by atoms with E-state index in [9.17, 15) is 4.79 Å². The Morgan fingerprint density at radius 3 is 2.93 bits per heavy atom. The SMILES string of the molecule is CC(=O)N1CCc2cc(Nc3nc(NC4CCC4)c4cc[nH]c4n3)ccc21. The Morgan fingerprint density at radius 1 is 1.26 bits per heavy atom. The van der Waals surface area contributed by atoms with Gasteiger partial charge in [0.15, 0.2) is 0 Å². The Hall–Kier alpha value is -3.09. The number of fused-ring (bicyclic) bond motifs is 2. The summed E-state index contributed by atoms with van der Waals surface area (Å²) in [4.78, 5) is 26.0. The highest BCUT2D eigenvalue weighted by atomic mass is 16.2. The minimum atomic E-state index is 0.0849. The Morgan fingerprint density at radius 2 is 2.15 bits per heavy atom. The van der Waals surface area contributed by atoms with E-state index in [0.717, 1.165) is 41.2 Å². The maximum atomic E-state index is 11.7. The molecule has 1 aliphatic heterocycles. The molecule has 0 spiro atoms. The summed E-state index contributed by atoms with van der Waals surface area (Å²) >= 11 is 0. The number of nitrogens with zero attached hydrogens (tertiary/aromatic N) is 3. The minimum absolute atomic E-state index is 0.0849. The normalized spacial score (nSPS) is 16.3. The predicted molar refractivity (Wildman–Crippen MR) is 107 cm³/mol. The van der Waals surface area contributed by atoms with Crippen LogP contribution in [0.2, 0.25) is 0 Å². The molecule has 2 aliphatic rings. The quantitative estimate of drug-likeness (QED) is 0.660. The van der Waals surface area contributed by atoms with Gasteiger partial charge in [-0.3, -0.25) is 4.79 Å². The van der Waals surface area contributed by atoms with Crippen molar-refractivity contribution in [3.05, 3.63) is 36.0 Å². The summed E-state index contributed by atoms with van der Waals surface area (Å²) < 4.78 is 0. The topological polar surface area (TPSA) is 85.9 Å². The Bertz CT molecular complexity index is 1020. The monoisotopic (exact) mass is 362 g/mol. The molecule has 0 radical (unpaired) electrons. The van der Waals surface area contributed by atoms with Crippen molar-refractivity contribution >= 4 is 40.1 Å². The van der Waals surface area contributed by atoms with Crippen molar-refractivity contribution in [2.45, 2.75) is 38.6 Å². The molecule has 7 nitrogen and oxygen atoms in total. The predicted octanol–water partition coefficient (Wildman–Crippen LogP) is 3.57. The van der Waals surface area contributed by atoms with Crippen LogP contribution in [-0.4, -0.2) is 33.4 Å². The van der Waals surface area contributed by atoms with Gasteiger partial charge < -0.3 is 20.5 Å². The molecule has 1 saturated carbocycles. The van der Waals surface area contributed by atoms with E-state index in [2.05, 4.69) is 26.7 Å². The second-order valence-corrected chi connectivity index (χ2v) is 7.30. The summed E-state index contributed by atoms with van der Waals surface area (Å²) in [6.45, 7) is 2.35. The van der Waals surface area contributed by atoms with Crippen LogP contribution in [0.1, 0.15) is 31.7 Å². The molecule has 138 valence electrons. The lowest BCUT2D eigenvalue weighted by Crippen LogP contribution is -2.27. The molecular weight excluding hydrogens is 340 g/mol. The van der Waals surface area contributed by atoms with Crippen molar-refractivity contribution in [1.82, 2.24) is 15.0 Å². The van der Waals surface area contributed by atoms with E-state index in [4.69, 9.17) is 4.98 Å². The van der Waals surface area contributed by atoms with E-state index in [1.807, 2.05) is 29.3 Å². The molecule has 0 atom stereocenters. The molecule has 7 heteroatoms. The molecule has 1 amide bonds. The van der Waals surface area contributed by atoms with Crippen molar-refractivity contribution in [3.8, 4) is 0 Å².